The first-order valence-corrected chi connectivity index (χ1v) is 11.8. The summed E-state index contributed by atoms with van der Waals surface area (Å²) in [5, 5.41) is 0. The molecule has 7 heteroatoms. The summed E-state index contributed by atoms with van der Waals surface area (Å²) in [7, 11) is -3.54. The fourth-order valence-corrected chi connectivity index (χ4v) is 5.86. The number of hydrogen-bond donors (Lipinski definition) is 0. The van der Waals surface area contributed by atoms with E-state index in [1.807, 2.05) is 30.9 Å². The first kappa shape index (κ1) is 20.2. The van der Waals surface area contributed by atoms with Crippen molar-refractivity contribution in [2.45, 2.75) is 69.0 Å². The maximum Gasteiger partial charge on any atom is 0.254 e. The van der Waals surface area contributed by atoms with Crippen molar-refractivity contribution in [2.24, 2.45) is 0 Å². The molecule has 2 fully saturated rings. The van der Waals surface area contributed by atoms with Crippen LogP contribution in [0.4, 0.5) is 0 Å². The lowest BCUT2D eigenvalue weighted by molar-refractivity contribution is 0.0652. The molecule has 156 valence electrons. The molecule has 1 amide bonds. The summed E-state index contributed by atoms with van der Waals surface area (Å²) in [5.41, 5.74) is 0.501. The van der Waals surface area contributed by atoms with Gasteiger partial charge < -0.3 is 9.32 Å². The number of rotatable bonds is 6. The zero-order valence-electron chi connectivity index (χ0n) is 17.0. The fraction of sp³-hybridized carbons (Fsp3) is 0.500. The Labute approximate surface area is 172 Å². The monoisotopic (exact) mass is 416 g/mol. The van der Waals surface area contributed by atoms with E-state index in [2.05, 4.69) is 0 Å². The van der Waals surface area contributed by atoms with Gasteiger partial charge in [0.05, 0.1) is 17.2 Å². The van der Waals surface area contributed by atoms with Gasteiger partial charge in [0.25, 0.3) is 5.91 Å². The van der Waals surface area contributed by atoms with Crippen LogP contribution in [-0.2, 0) is 10.0 Å². The second kappa shape index (κ2) is 7.95. The number of amides is 1. The molecular formula is C22H28N2O4S. The molecule has 29 heavy (non-hydrogen) atoms. The number of carbonyl (C=O) groups excluding carboxylic acids is 1. The van der Waals surface area contributed by atoms with Crippen LogP contribution in [0.3, 0.4) is 0 Å². The molecule has 1 aliphatic carbocycles. The summed E-state index contributed by atoms with van der Waals surface area (Å²) in [4.78, 5) is 15.3. The van der Waals surface area contributed by atoms with Crippen molar-refractivity contribution in [3.8, 4) is 0 Å². The quantitative estimate of drug-likeness (QED) is 0.707. The van der Waals surface area contributed by atoms with Gasteiger partial charge in [0.15, 0.2) is 0 Å². The first-order valence-electron chi connectivity index (χ1n) is 10.4. The van der Waals surface area contributed by atoms with E-state index in [9.17, 15) is 13.2 Å². The van der Waals surface area contributed by atoms with E-state index >= 15 is 0 Å². The molecule has 0 bridgehead atoms. The average Bonchev–Trinajstić information content (AvgIpc) is 3.39. The molecule has 1 aromatic heterocycles. The zero-order valence-corrected chi connectivity index (χ0v) is 17.8. The van der Waals surface area contributed by atoms with Gasteiger partial charge in [-0.1, -0.05) is 6.42 Å². The van der Waals surface area contributed by atoms with Crippen molar-refractivity contribution in [3.05, 3.63) is 54.0 Å². The Hall–Kier alpha value is -2.12. The van der Waals surface area contributed by atoms with Gasteiger partial charge in [-0.25, -0.2) is 8.42 Å². The van der Waals surface area contributed by atoms with Crippen LogP contribution in [0.1, 0.15) is 68.1 Å². The third kappa shape index (κ3) is 3.98. The number of benzene rings is 1. The average molecular weight is 417 g/mol. The molecule has 1 aliphatic heterocycles. The van der Waals surface area contributed by atoms with Crippen molar-refractivity contribution < 1.29 is 17.6 Å². The Balaban J connectivity index is 1.56. The van der Waals surface area contributed by atoms with Gasteiger partial charge in [-0.3, -0.25) is 4.79 Å². The second-order valence-electron chi connectivity index (χ2n) is 8.12. The van der Waals surface area contributed by atoms with E-state index in [4.69, 9.17) is 4.42 Å². The molecule has 0 N–H and O–H groups in total. The molecule has 2 atom stereocenters. The molecule has 2 unspecified atom stereocenters. The molecule has 0 radical (unpaired) electrons. The van der Waals surface area contributed by atoms with Gasteiger partial charge in [0.1, 0.15) is 5.76 Å². The highest BCUT2D eigenvalue weighted by molar-refractivity contribution is 7.89. The third-order valence-corrected chi connectivity index (χ3v) is 8.02. The lowest BCUT2D eigenvalue weighted by atomic mass is 10.1. The molecular weight excluding hydrogens is 388 g/mol. The molecule has 4 rings (SSSR count). The van der Waals surface area contributed by atoms with E-state index in [0.29, 0.717) is 12.1 Å². The van der Waals surface area contributed by atoms with Crippen LogP contribution >= 0.6 is 0 Å². The Morgan fingerprint density at radius 3 is 2.45 bits per heavy atom. The van der Waals surface area contributed by atoms with E-state index in [1.54, 1.807) is 34.8 Å². The van der Waals surface area contributed by atoms with Crippen molar-refractivity contribution in [2.75, 3.05) is 6.54 Å². The smallest absolute Gasteiger partial charge is 0.254 e. The van der Waals surface area contributed by atoms with Crippen LogP contribution in [0, 0.1) is 0 Å². The van der Waals surface area contributed by atoms with Gasteiger partial charge in [0, 0.05) is 24.2 Å². The van der Waals surface area contributed by atoms with Crippen LogP contribution in [0.15, 0.2) is 52.0 Å². The number of piperidine rings is 1. The number of carbonyl (C=O) groups is 1. The van der Waals surface area contributed by atoms with Crippen molar-refractivity contribution >= 4 is 15.9 Å². The van der Waals surface area contributed by atoms with Crippen LogP contribution in [-0.4, -0.2) is 42.2 Å². The molecule has 2 aromatic rings. The highest BCUT2D eigenvalue weighted by Gasteiger charge is 2.38. The highest BCUT2D eigenvalue weighted by atomic mass is 32.2. The van der Waals surface area contributed by atoms with Gasteiger partial charge in [-0.15, -0.1) is 0 Å². The van der Waals surface area contributed by atoms with Crippen molar-refractivity contribution in [1.29, 1.82) is 0 Å². The molecule has 2 heterocycles. The maximum atomic E-state index is 13.2. The van der Waals surface area contributed by atoms with Gasteiger partial charge in [-0.2, -0.15) is 4.31 Å². The Morgan fingerprint density at radius 1 is 1.14 bits per heavy atom. The van der Waals surface area contributed by atoms with Gasteiger partial charge in [0.2, 0.25) is 10.0 Å². The minimum Gasteiger partial charge on any atom is -0.467 e. The van der Waals surface area contributed by atoms with Crippen molar-refractivity contribution in [1.82, 2.24) is 9.21 Å². The third-order valence-electron chi connectivity index (χ3n) is 6.00. The summed E-state index contributed by atoms with van der Waals surface area (Å²) >= 11 is 0. The van der Waals surface area contributed by atoms with E-state index in [1.165, 1.54) is 0 Å². The number of nitrogens with zero attached hydrogens (tertiary/aromatic N) is 2. The maximum absolute atomic E-state index is 13.2. The molecule has 1 aromatic carbocycles. The normalized spacial score (nSPS) is 21.7. The molecule has 0 spiro atoms. The second-order valence-corrected chi connectivity index (χ2v) is 10.0. The zero-order chi connectivity index (χ0) is 20.6. The Kier molecular flexibility index (Phi) is 5.53. The predicted molar refractivity (Wildman–Crippen MR) is 110 cm³/mol. The fourth-order valence-electron chi connectivity index (χ4n) is 4.16. The standard InChI is InChI=1S/C22H28N2O4S/c1-16-6-3-4-14-23(16)29(26,27)20-12-8-18(9-13-20)22(25)24(19-10-11-19)17(2)21-7-5-15-28-21/h5,7-9,12-13,15-17,19H,3-4,6,10-11,14H2,1-2H3. The van der Waals surface area contributed by atoms with E-state index < -0.39 is 10.0 Å². The van der Waals surface area contributed by atoms with Gasteiger partial charge >= 0.3 is 0 Å². The van der Waals surface area contributed by atoms with Crippen LogP contribution in [0.25, 0.3) is 0 Å². The minimum atomic E-state index is -3.54. The number of hydrogen-bond acceptors (Lipinski definition) is 4. The number of furan rings is 1. The molecule has 2 aliphatic rings. The Bertz CT molecular complexity index is 949. The minimum absolute atomic E-state index is 0.00885. The lowest BCUT2D eigenvalue weighted by Crippen LogP contribution is -2.41. The van der Waals surface area contributed by atoms with Gasteiger partial charge in [-0.05, 0) is 75.9 Å². The summed E-state index contributed by atoms with van der Waals surface area (Å²) < 4.78 is 33.1. The molecule has 1 saturated carbocycles. The predicted octanol–water partition coefficient (Wildman–Crippen LogP) is 4.21. The van der Waals surface area contributed by atoms with Crippen LogP contribution in [0.2, 0.25) is 0 Å². The lowest BCUT2D eigenvalue weighted by Gasteiger charge is -2.32. The highest BCUT2D eigenvalue weighted by Crippen LogP contribution is 2.36. The SMILES string of the molecule is CC(c1ccco1)N(C(=O)c1ccc(S(=O)(=O)N2CCCCC2C)cc1)C1CC1. The largest absolute Gasteiger partial charge is 0.467 e. The summed E-state index contributed by atoms with van der Waals surface area (Å²) in [6.45, 7) is 4.48. The first-order chi connectivity index (χ1) is 13.9. The van der Waals surface area contributed by atoms with Crippen LogP contribution in [0.5, 0.6) is 0 Å². The molecule has 1 saturated heterocycles. The molecule has 6 nitrogen and oxygen atoms in total. The number of sulfonamides is 1. The topological polar surface area (TPSA) is 70.8 Å². The van der Waals surface area contributed by atoms with Crippen molar-refractivity contribution in [3.63, 3.8) is 0 Å². The van der Waals surface area contributed by atoms with E-state index in [-0.39, 0.29) is 28.9 Å². The van der Waals surface area contributed by atoms with E-state index in [0.717, 1.165) is 37.9 Å². The summed E-state index contributed by atoms with van der Waals surface area (Å²) in [6, 6.07) is 10.1. The summed E-state index contributed by atoms with van der Waals surface area (Å²) in [6.07, 6.45) is 6.41. The Morgan fingerprint density at radius 2 is 1.86 bits per heavy atom. The van der Waals surface area contributed by atoms with Crippen LogP contribution < -0.4 is 0 Å². The summed E-state index contributed by atoms with van der Waals surface area (Å²) in [5.74, 6) is 0.662.